The number of hydrogen-bond donors (Lipinski definition) is 2. The van der Waals surface area contributed by atoms with Gasteiger partial charge >= 0.3 is 6.09 Å². The summed E-state index contributed by atoms with van der Waals surface area (Å²) in [7, 11) is 0. The summed E-state index contributed by atoms with van der Waals surface area (Å²) < 4.78 is 0. The predicted octanol–water partition coefficient (Wildman–Crippen LogP) is 1.92. The summed E-state index contributed by atoms with van der Waals surface area (Å²) >= 11 is 1.71. The molecule has 1 atom stereocenters. The van der Waals surface area contributed by atoms with Gasteiger partial charge in [-0.15, -0.1) is 11.8 Å². The van der Waals surface area contributed by atoms with Crippen LogP contribution in [-0.2, 0) is 0 Å². The summed E-state index contributed by atoms with van der Waals surface area (Å²) in [4.78, 5) is 12.9. The van der Waals surface area contributed by atoms with Gasteiger partial charge in [-0.2, -0.15) is 0 Å². The Kier molecular flexibility index (Phi) is 3.75. The van der Waals surface area contributed by atoms with Crippen LogP contribution in [0.5, 0.6) is 0 Å². The summed E-state index contributed by atoms with van der Waals surface area (Å²) in [6.07, 6.45) is 4.90. The van der Waals surface area contributed by atoms with Gasteiger partial charge in [0.2, 0.25) is 0 Å². The zero-order valence-corrected chi connectivity index (χ0v) is 9.63. The van der Waals surface area contributed by atoms with E-state index in [1.807, 2.05) is 0 Å². The molecule has 0 aromatic rings. The quantitative estimate of drug-likeness (QED) is 0.761. The van der Waals surface area contributed by atoms with Crippen molar-refractivity contribution in [1.82, 2.24) is 10.2 Å². The zero-order valence-electron chi connectivity index (χ0n) is 8.82. The molecule has 1 saturated carbocycles. The third-order valence-electron chi connectivity index (χ3n) is 3.14. The fourth-order valence-electron chi connectivity index (χ4n) is 2.40. The first-order valence-corrected chi connectivity index (χ1v) is 6.70. The molecule has 0 spiro atoms. The number of amides is 1. The predicted molar refractivity (Wildman–Crippen MR) is 61.0 cm³/mol. The topological polar surface area (TPSA) is 52.6 Å². The van der Waals surface area contributed by atoms with Crippen molar-refractivity contribution in [3.8, 4) is 0 Å². The van der Waals surface area contributed by atoms with Crippen LogP contribution < -0.4 is 5.32 Å². The molecule has 2 aliphatic rings. The van der Waals surface area contributed by atoms with Gasteiger partial charge in [0.25, 0.3) is 0 Å². The lowest BCUT2D eigenvalue weighted by molar-refractivity contribution is 0.0994. The van der Waals surface area contributed by atoms with Gasteiger partial charge < -0.3 is 5.11 Å². The van der Waals surface area contributed by atoms with E-state index < -0.39 is 6.09 Å². The van der Waals surface area contributed by atoms with Crippen LogP contribution in [0, 0.1) is 0 Å². The Labute approximate surface area is 94.4 Å². The highest BCUT2D eigenvalue weighted by Gasteiger charge is 2.33. The van der Waals surface area contributed by atoms with Crippen molar-refractivity contribution < 1.29 is 9.90 Å². The lowest BCUT2D eigenvalue weighted by Crippen LogP contribution is -2.50. The van der Waals surface area contributed by atoms with Gasteiger partial charge in [-0.05, 0) is 12.8 Å². The molecule has 2 N–H and O–H groups in total. The Morgan fingerprint density at radius 1 is 1.33 bits per heavy atom. The number of carboxylic acid groups (broad SMARTS) is 1. The van der Waals surface area contributed by atoms with Gasteiger partial charge in [0.15, 0.2) is 0 Å². The minimum Gasteiger partial charge on any atom is -0.465 e. The molecule has 4 nitrogen and oxygen atoms in total. The number of carbonyl (C=O) groups is 1. The van der Waals surface area contributed by atoms with Crippen molar-refractivity contribution in [2.24, 2.45) is 0 Å². The molecule has 1 aliphatic heterocycles. The first kappa shape index (κ1) is 11.1. The first-order valence-electron chi connectivity index (χ1n) is 5.65. The highest BCUT2D eigenvalue weighted by atomic mass is 32.2. The van der Waals surface area contributed by atoms with Crippen LogP contribution in [0.4, 0.5) is 4.79 Å². The van der Waals surface area contributed by atoms with Crippen LogP contribution >= 0.6 is 11.8 Å². The molecule has 0 aromatic heterocycles. The van der Waals surface area contributed by atoms with Crippen molar-refractivity contribution >= 4 is 17.9 Å². The van der Waals surface area contributed by atoms with Gasteiger partial charge in [-0.25, -0.2) is 4.79 Å². The van der Waals surface area contributed by atoms with Crippen LogP contribution in [0.3, 0.4) is 0 Å². The van der Waals surface area contributed by atoms with Gasteiger partial charge in [-0.1, -0.05) is 19.3 Å². The summed E-state index contributed by atoms with van der Waals surface area (Å²) in [5.74, 6) is 1.02. The molecule has 1 unspecified atom stereocenters. The molecule has 2 fully saturated rings. The summed E-state index contributed by atoms with van der Waals surface area (Å²) in [6.45, 7) is 0.922. The van der Waals surface area contributed by atoms with E-state index in [9.17, 15) is 9.90 Å². The van der Waals surface area contributed by atoms with Crippen LogP contribution in [0.1, 0.15) is 32.1 Å². The van der Waals surface area contributed by atoms with E-state index in [1.165, 1.54) is 19.3 Å². The lowest BCUT2D eigenvalue weighted by atomic mass is 9.94. The number of thioether (sulfide) groups is 1. The molecule has 1 amide bonds. The molecule has 15 heavy (non-hydrogen) atoms. The van der Waals surface area contributed by atoms with Crippen LogP contribution in [0.25, 0.3) is 0 Å². The second-order valence-corrected chi connectivity index (χ2v) is 5.35. The number of rotatable bonds is 2. The second-order valence-electron chi connectivity index (χ2n) is 4.16. The van der Waals surface area contributed by atoms with Gasteiger partial charge in [-0.3, -0.25) is 10.2 Å². The average Bonchev–Trinajstić information content (AvgIpc) is 2.72. The van der Waals surface area contributed by atoms with Gasteiger partial charge in [0.05, 0.1) is 0 Å². The van der Waals surface area contributed by atoms with Gasteiger partial charge in [0, 0.05) is 18.3 Å². The first-order chi connectivity index (χ1) is 7.29. The highest BCUT2D eigenvalue weighted by molar-refractivity contribution is 8.00. The summed E-state index contributed by atoms with van der Waals surface area (Å²) in [6, 6.07) is 0.236. The maximum absolute atomic E-state index is 11.3. The van der Waals surface area contributed by atoms with Gasteiger partial charge in [0.1, 0.15) is 5.50 Å². The zero-order chi connectivity index (χ0) is 10.7. The Hall–Kier alpha value is -0.420. The summed E-state index contributed by atoms with van der Waals surface area (Å²) in [5, 5.41) is 12.5. The number of nitrogens with zero attached hydrogens (tertiary/aromatic N) is 1. The lowest BCUT2D eigenvalue weighted by Gasteiger charge is -2.35. The van der Waals surface area contributed by atoms with Crippen molar-refractivity contribution in [2.75, 3.05) is 12.3 Å². The van der Waals surface area contributed by atoms with Crippen LogP contribution in [0.2, 0.25) is 0 Å². The smallest absolute Gasteiger partial charge is 0.409 e. The number of hydrogen-bond acceptors (Lipinski definition) is 3. The van der Waals surface area contributed by atoms with E-state index in [-0.39, 0.29) is 11.5 Å². The van der Waals surface area contributed by atoms with E-state index in [2.05, 4.69) is 5.32 Å². The Bertz CT molecular complexity index is 225. The Balaban J connectivity index is 2.00. The van der Waals surface area contributed by atoms with Crippen LogP contribution in [0.15, 0.2) is 0 Å². The van der Waals surface area contributed by atoms with Crippen molar-refractivity contribution in [3.05, 3.63) is 0 Å². The minimum atomic E-state index is -0.770. The maximum Gasteiger partial charge on any atom is 0.409 e. The normalized spacial score (nSPS) is 27.9. The van der Waals surface area contributed by atoms with Crippen molar-refractivity contribution in [1.29, 1.82) is 0 Å². The van der Waals surface area contributed by atoms with E-state index in [0.717, 1.165) is 25.1 Å². The molecular weight excluding hydrogens is 212 g/mol. The monoisotopic (exact) mass is 230 g/mol. The fourth-order valence-corrected chi connectivity index (χ4v) is 3.52. The molecule has 86 valence electrons. The molecule has 0 radical (unpaired) electrons. The highest BCUT2D eigenvalue weighted by Crippen LogP contribution is 2.28. The summed E-state index contributed by atoms with van der Waals surface area (Å²) in [5.41, 5.74) is -0.00870. The standard InChI is InChI=1S/C10H18N2O2S/c13-10(14)12(9-11-6-7-15-9)8-4-2-1-3-5-8/h8-9,11H,1-7H2,(H,13,14). The van der Waals surface area contributed by atoms with Crippen molar-refractivity contribution in [2.45, 2.75) is 43.6 Å². The average molecular weight is 230 g/mol. The fraction of sp³-hybridized carbons (Fsp3) is 0.900. The van der Waals surface area contributed by atoms with Crippen LogP contribution in [-0.4, -0.2) is 39.9 Å². The Morgan fingerprint density at radius 3 is 2.60 bits per heavy atom. The third-order valence-corrected chi connectivity index (χ3v) is 4.29. The third kappa shape index (κ3) is 2.58. The molecular formula is C10H18N2O2S. The molecule has 1 heterocycles. The van der Waals surface area contributed by atoms with Crippen molar-refractivity contribution in [3.63, 3.8) is 0 Å². The Morgan fingerprint density at radius 2 is 2.07 bits per heavy atom. The molecule has 0 bridgehead atoms. The van der Waals surface area contributed by atoms with E-state index >= 15 is 0 Å². The molecule has 1 aliphatic carbocycles. The second kappa shape index (κ2) is 5.07. The molecule has 0 aromatic carbocycles. The largest absolute Gasteiger partial charge is 0.465 e. The minimum absolute atomic E-state index is 0.00870. The van der Waals surface area contributed by atoms with E-state index in [0.29, 0.717) is 0 Å². The number of nitrogens with one attached hydrogen (secondary N) is 1. The molecule has 5 heteroatoms. The maximum atomic E-state index is 11.3. The van der Waals surface area contributed by atoms with E-state index in [4.69, 9.17) is 0 Å². The molecule has 2 rings (SSSR count). The molecule has 1 saturated heterocycles. The van der Waals surface area contributed by atoms with E-state index in [1.54, 1.807) is 16.7 Å². The SMILES string of the molecule is O=C(O)N(C1CCCCC1)C1NCCS1.